The minimum atomic E-state index is 0.489. The first-order chi connectivity index (χ1) is 13.8. The molecule has 1 saturated heterocycles. The van der Waals surface area contributed by atoms with E-state index in [4.69, 9.17) is 4.98 Å². The van der Waals surface area contributed by atoms with Crippen LogP contribution in [0.1, 0.15) is 19.8 Å². The van der Waals surface area contributed by atoms with Crippen LogP contribution in [0.3, 0.4) is 0 Å². The maximum Gasteiger partial charge on any atom is 0.227 e. The number of aromatic nitrogens is 3. The predicted octanol–water partition coefficient (Wildman–Crippen LogP) is 3.86. The van der Waals surface area contributed by atoms with Gasteiger partial charge in [0.05, 0.1) is 0 Å². The third-order valence-corrected chi connectivity index (χ3v) is 5.07. The van der Waals surface area contributed by atoms with Gasteiger partial charge >= 0.3 is 0 Å². The summed E-state index contributed by atoms with van der Waals surface area (Å²) in [5, 5.41) is 6.98. The molecule has 0 saturated carbocycles. The van der Waals surface area contributed by atoms with Crippen LogP contribution in [-0.2, 0) is 0 Å². The highest BCUT2D eigenvalue weighted by Gasteiger charge is 2.18. The van der Waals surface area contributed by atoms with Gasteiger partial charge < -0.3 is 15.5 Å². The van der Waals surface area contributed by atoms with Crippen molar-refractivity contribution in [2.75, 3.05) is 29.9 Å². The molecule has 0 aliphatic carbocycles. The van der Waals surface area contributed by atoms with Crippen LogP contribution in [0.15, 0.2) is 61.1 Å². The summed E-state index contributed by atoms with van der Waals surface area (Å²) in [6.07, 6.45) is 7.66. The van der Waals surface area contributed by atoms with E-state index in [1.54, 1.807) is 0 Å². The minimum absolute atomic E-state index is 0.489. The summed E-state index contributed by atoms with van der Waals surface area (Å²) in [6, 6.07) is 14.8. The van der Waals surface area contributed by atoms with E-state index >= 15 is 0 Å². The number of nitrogens with one attached hydrogen (secondary N) is 2. The zero-order chi connectivity index (χ0) is 19.2. The highest BCUT2D eigenvalue weighted by Crippen LogP contribution is 2.23. The molecule has 4 rings (SSSR count). The molecule has 1 aliphatic heterocycles. The molecule has 6 heteroatoms. The fraction of sp³-hybridized carbons (Fsp3) is 0.318. The normalized spacial score (nSPS) is 17.2. The first kappa shape index (κ1) is 18.4. The highest BCUT2D eigenvalue weighted by atomic mass is 15.3. The molecule has 2 aromatic heterocycles. The first-order valence-corrected chi connectivity index (χ1v) is 9.90. The molecular weight excluding hydrogens is 348 g/mol. The molecule has 0 amide bonds. The minimum Gasteiger partial charge on any atom is -0.340 e. The molecular formula is C22H26N6. The van der Waals surface area contributed by atoms with Gasteiger partial charge in [0, 0.05) is 43.4 Å². The van der Waals surface area contributed by atoms with Crippen molar-refractivity contribution in [2.45, 2.75) is 25.8 Å². The molecule has 1 atom stereocenters. The summed E-state index contributed by atoms with van der Waals surface area (Å²) in [5.74, 6) is 1.60. The molecule has 3 heterocycles. The van der Waals surface area contributed by atoms with Gasteiger partial charge in [-0.05, 0) is 60.8 Å². The summed E-state index contributed by atoms with van der Waals surface area (Å²) < 4.78 is 0. The zero-order valence-electron chi connectivity index (χ0n) is 16.2. The number of benzene rings is 1. The van der Waals surface area contributed by atoms with Gasteiger partial charge in [-0.1, -0.05) is 19.1 Å². The Bertz CT molecular complexity index is 881. The van der Waals surface area contributed by atoms with E-state index in [0.29, 0.717) is 6.04 Å². The number of rotatable bonds is 5. The van der Waals surface area contributed by atoms with Crippen LogP contribution in [0.5, 0.6) is 0 Å². The average molecular weight is 374 g/mol. The maximum atomic E-state index is 4.75. The van der Waals surface area contributed by atoms with Crippen LogP contribution in [-0.4, -0.2) is 40.6 Å². The van der Waals surface area contributed by atoms with Gasteiger partial charge in [-0.2, -0.15) is 4.98 Å². The molecule has 0 spiro atoms. The number of nitrogens with zero attached hydrogens (tertiary/aromatic N) is 4. The molecule has 6 nitrogen and oxygen atoms in total. The zero-order valence-corrected chi connectivity index (χ0v) is 16.2. The molecule has 144 valence electrons. The van der Waals surface area contributed by atoms with E-state index in [1.807, 2.05) is 36.8 Å². The average Bonchev–Trinajstić information content (AvgIpc) is 3.01. The highest BCUT2D eigenvalue weighted by molar-refractivity contribution is 5.67. The fourth-order valence-electron chi connectivity index (χ4n) is 3.46. The second kappa shape index (κ2) is 8.80. The lowest BCUT2D eigenvalue weighted by Gasteiger charge is -2.24. The Morgan fingerprint density at radius 2 is 1.82 bits per heavy atom. The van der Waals surface area contributed by atoms with Crippen LogP contribution >= 0.6 is 0 Å². The van der Waals surface area contributed by atoms with Crippen LogP contribution in [0.25, 0.3) is 11.1 Å². The first-order valence-electron chi connectivity index (χ1n) is 9.90. The Kier molecular flexibility index (Phi) is 5.77. The Balaban J connectivity index is 1.47. The lowest BCUT2D eigenvalue weighted by Crippen LogP contribution is -2.37. The van der Waals surface area contributed by atoms with Gasteiger partial charge in [0.1, 0.15) is 5.82 Å². The van der Waals surface area contributed by atoms with E-state index in [2.05, 4.69) is 56.7 Å². The van der Waals surface area contributed by atoms with Crippen molar-refractivity contribution in [3.05, 3.63) is 61.1 Å². The van der Waals surface area contributed by atoms with E-state index in [9.17, 15) is 0 Å². The van der Waals surface area contributed by atoms with E-state index in [1.165, 1.54) is 5.56 Å². The molecule has 0 bridgehead atoms. The number of hydrogen-bond donors (Lipinski definition) is 2. The topological polar surface area (TPSA) is 66.0 Å². The Morgan fingerprint density at radius 3 is 2.61 bits per heavy atom. The van der Waals surface area contributed by atoms with Crippen LogP contribution in [0, 0.1) is 0 Å². The molecule has 0 radical (unpaired) electrons. The number of hydrogen-bond acceptors (Lipinski definition) is 6. The van der Waals surface area contributed by atoms with Crippen molar-refractivity contribution in [3.8, 4) is 11.1 Å². The lowest BCUT2D eigenvalue weighted by molar-refractivity contribution is 0.527. The monoisotopic (exact) mass is 374 g/mol. The van der Waals surface area contributed by atoms with Gasteiger partial charge in [0.15, 0.2) is 0 Å². The Morgan fingerprint density at radius 1 is 1.04 bits per heavy atom. The van der Waals surface area contributed by atoms with Crippen LogP contribution in [0.4, 0.5) is 17.5 Å². The van der Waals surface area contributed by atoms with E-state index in [0.717, 1.165) is 55.5 Å². The lowest BCUT2D eigenvalue weighted by atomic mass is 10.1. The van der Waals surface area contributed by atoms with Crippen molar-refractivity contribution in [3.63, 3.8) is 0 Å². The van der Waals surface area contributed by atoms with Gasteiger partial charge in [-0.3, -0.25) is 4.98 Å². The molecule has 28 heavy (non-hydrogen) atoms. The maximum absolute atomic E-state index is 4.75. The third-order valence-electron chi connectivity index (χ3n) is 5.07. The summed E-state index contributed by atoms with van der Waals surface area (Å²) in [5.41, 5.74) is 3.33. The molecule has 3 aromatic rings. The van der Waals surface area contributed by atoms with Crippen molar-refractivity contribution in [1.82, 2.24) is 20.3 Å². The molecule has 2 N–H and O–H groups in total. The van der Waals surface area contributed by atoms with Gasteiger partial charge in [0.2, 0.25) is 5.95 Å². The number of pyridine rings is 1. The second-order valence-electron chi connectivity index (χ2n) is 7.04. The van der Waals surface area contributed by atoms with E-state index < -0.39 is 0 Å². The standard InChI is InChI=1S/C22H26N6/c1-2-19-16-28(15-3-11-24-19)22-25-14-10-21(27-22)26-20-6-4-17(5-7-20)18-8-12-23-13-9-18/h4-10,12-14,19,24H,2-3,11,15-16H2,1H3,(H,25,26,27). The Hall–Kier alpha value is -2.99. The second-order valence-corrected chi connectivity index (χ2v) is 7.04. The van der Waals surface area contributed by atoms with E-state index in [-0.39, 0.29) is 0 Å². The summed E-state index contributed by atoms with van der Waals surface area (Å²) in [7, 11) is 0. The van der Waals surface area contributed by atoms with Crippen molar-refractivity contribution < 1.29 is 0 Å². The van der Waals surface area contributed by atoms with Gasteiger partial charge in [0.25, 0.3) is 0 Å². The van der Waals surface area contributed by atoms with Crippen molar-refractivity contribution in [1.29, 1.82) is 0 Å². The predicted molar refractivity (Wildman–Crippen MR) is 114 cm³/mol. The van der Waals surface area contributed by atoms with Gasteiger partial charge in [-0.25, -0.2) is 4.98 Å². The third kappa shape index (κ3) is 4.46. The van der Waals surface area contributed by atoms with Crippen LogP contribution in [0.2, 0.25) is 0 Å². The quantitative estimate of drug-likeness (QED) is 0.707. The molecule has 1 fully saturated rings. The largest absolute Gasteiger partial charge is 0.340 e. The van der Waals surface area contributed by atoms with Crippen molar-refractivity contribution >= 4 is 17.5 Å². The molecule has 1 aromatic carbocycles. The summed E-state index contributed by atoms with van der Waals surface area (Å²) >= 11 is 0. The molecule has 1 aliphatic rings. The number of anilines is 3. The summed E-state index contributed by atoms with van der Waals surface area (Å²) in [4.78, 5) is 15.6. The smallest absolute Gasteiger partial charge is 0.227 e. The van der Waals surface area contributed by atoms with Crippen LogP contribution < -0.4 is 15.5 Å². The van der Waals surface area contributed by atoms with Gasteiger partial charge in [-0.15, -0.1) is 0 Å². The summed E-state index contributed by atoms with van der Waals surface area (Å²) in [6.45, 7) is 5.19. The molecule has 1 unspecified atom stereocenters. The van der Waals surface area contributed by atoms with Crippen molar-refractivity contribution in [2.24, 2.45) is 0 Å². The SMILES string of the molecule is CCC1CN(c2nccc(Nc3ccc(-c4ccncc4)cc3)n2)CCCN1. The Labute approximate surface area is 166 Å². The fourth-order valence-corrected chi connectivity index (χ4v) is 3.46.